The van der Waals surface area contributed by atoms with Gasteiger partial charge in [-0.25, -0.2) is 0 Å². The van der Waals surface area contributed by atoms with E-state index in [0.717, 1.165) is 70.6 Å². The Kier molecular flexibility index (Phi) is 67.1. The lowest BCUT2D eigenvalue weighted by Crippen LogP contribution is -2.30. The minimum absolute atomic E-state index is 0.0681. The van der Waals surface area contributed by atoms with Crippen LogP contribution in [0.1, 0.15) is 400 Å². The fraction of sp³-hybridized carbons (Fsp3) is 0.878. The summed E-state index contributed by atoms with van der Waals surface area (Å²) < 4.78 is 16.9. The second-order valence-corrected chi connectivity index (χ2v) is 24.5. The molecular weight excluding hydrogens is 985 g/mol. The number of esters is 3. The lowest BCUT2D eigenvalue weighted by atomic mass is 10.0. The van der Waals surface area contributed by atoms with Crippen molar-refractivity contribution >= 4 is 17.9 Å². The summed E-state index contributed by atoms with van der Waals surface area (Å²) in [5, 5.41) is 0. The van der Waals surface area contributed by atoms with Crippen molar-refractivity contribution in [3.05, 3.63) is 36.5 Å². The van der Waals surface area contributed by atoms with Gasteiger partial charge in [-0.05, 0) is 57.8 Å². The van der Waals surface area contributed by atoms with E-state index in [-0.39, 0.29) is 31.1 Å². The van der Waals surface area contributed by atoms with Gasteiger partial charge in [-0.1, -0.05) is 359 Å². The Labute approximate surface area is 499 Å². The molecule has 0 spiro atoms. The normalized spacial score (nSPS) is 12.2. The zero-order valence-corrected chi connectivity index (χ0v) is 54.1. The number of rotatable bonds is 67. The first-order valence-corrected chi connectivity index (χ1v) is 36.0. The van der Waals surface area contributed by atoms with Crippen LogP contribution in [0.25, 0.3) is 0 Å². The first-order valence-electron chi connectivity index (χ1n) is 36.0. The van der Waals surface area contributed by atoms with Crippen molar-refractivity contribution in [3.8, 4) is 0 Å². The minimum atomic E-state index is -0.771. The number of unbranched alkanes of at least 4 members (excludes halogenated alkanes) is 50. The lowest BCUT2D eigenvalue weighted by Gasteiger charge is -2.18. The van der Waals surface area contributed by atoms with Gasteiger partial charge in [0.15, 0.2) is 6.10 Å². The first-order chi connectivity index (χ1) is 39.5. The molecule has 0 fully saturated rings. The number of hydrogen-bond donors (Lipinski definition) is 0. The van der Waals surface area contributed by atoms with Gasteiger partial charge >= 0.3 is 17.9 Å². The Morgan fingerprint density at radius 3 is 0.700 bits per heavy atom. The average molecular weight is 1120 g/mol. The van der Waals surface area contributed by atoms with Gasteiger partial charge in [-0.15, -0.1) is 0 Å². The summed E-state index contributed by atoms with van der Waals surface area (Å²) in [6.07, 6.45) is 86.3. The SMILES string of the molecule is CCCCCCC/C=C\C/C=C\C/C=C\CCCCCCCCCCCCC(=O)OC(COC(=O)CCCCCCCCCCC)COC(=O)CCCCCCCCCCCCCCCCCCCCCCCCCCCCCC. The molecule has 0 aliphatic heterocycles. The molecule has 1 unspecified atom stereocenters. The number of carbonyl (C=O) groups excluding carboxylic acids is 3. The Balaban J connectivity index is 4.10. The number of ether oxygens (including phenoxy) is 3. The van der Waals surface area contributed by atoms with Crippen LogP contribution in [0.4, 0.5) is 0 Å². The highest BCUT2D eigenvalue weighted by Gasteiger charge is 2.19. The van der Waals surface area contributed by atoms with E-state index in [1.807, 2.05) is 0 Å². The van der Waals surface area contributed by atoms with Gasteiger partial charge in [0.1, 0.15) is 13.2 Å². The monoisotopic (exact) mass is 1120 g/mol. The molecule has 0 N–H and O–H groups in total. The molecule has 0 aromatic rings. The van der Waals surface area contributed by atoms with Crippen LogP contribution in [0, 0.1) is 0 Å². The van der Waals surface area contributed by atoms with Crippen LogP contribution in [-0.2, 0) is 28.6 Å². The number of hydrogen-bond acceptors (Lipinski definition) is 6. The molecule has 0 aromatic heterocycles. The predicted molar refractivity (Wildman–Crippen MR) is 349 cm³/mol. The van der Waals surface area contributed by atoms with Gasteiger partial charge in [-0.3, -0.25) is 14.4 Å². The highest BCUT2D eigenvalue weighted by atomic mass is 16.6. The molecule has 0 saturated carbocycles. The van der Waals surface area contributed by atoms with E-state index in [1.165, 1.54) is 289 Å². The highest BCUT2D eigenvalue weighted by Crippen LogP contribution is 2.19. The summed E-state index contributed by atoms with van der Waals surface area (Å²) in [6, 6.07) is 0. The maximum atomic E-state index is 12.9. The van der Waals surface area contributed by atoms with Crippen molar-refractivity contribution in [2.45, 2.75) is 406 Å². The Hall–Kier alpha value is -2.37. The largest absolute Gasteiger partial charge is 0.462 e. The average Bonchev–Trinajstić information content (AvgIpc) is 3.46. The molecule has 6 heteroatoms. The molecule has 0 saturated heterocycles. The van der Waals surface area contributed by atoms with Crippen molar-refractivity contribution in [1.82, 2.24) is 0 Å². The first kappa shape index (κ1) is 77.6. The fourth-order valence-electron chi connectivity index (χ4n) is 11.0. The third-order valence-electron chi connectivity index (χ3n) is 16.4. The minimum Gasteiger partial charge on any atom is -0.462 e. The molecule has 0 rings (SSSR count). The second kappa shape index (κ2) is 69.1. The fourth-order valence-corrected chi connectivity index (χ4v) is 11.0. The smallest absolute Gasteiger partial charge is 0.306 e. The molecule has 6 nitrogen and oxygen atoms in total. The predicted octanol–water partition coefficient (Wildman–Crippen LogP) is 24.7. The summed E-state index contributed by atoms with van der Waals surface area (Å²) in [4.78, 5) is 38.3. The zero-order valence-electron chi connectivity index (χ0n) is 54.1. The van der Waals surface area contributed by atoms with E-state index >= 15 is 0 Å². The topological polar surface area (TPSA) is 78.9 Å². The van der Waals surface area contributed by atoms with Crippen LogP contribution in [-0.4, -0.2) is 37.2 Å². The maximum Gasteiger partial charge on any atom is 0.306 e. The van der Waals surface area contributed by atoms with Gasteiger partial charge in [0.25, 0.3) is 0 Å². The summed E-state index contributed by atoms with van der Waals surface area (Å²) in [5.74, 6) is -0.847. The van der Waals surface area contributed by atoms with Crippen LogP contribution in [0.2, 0.25) is 0 Å². The molecule has 0 bridgehead atoms. The van der Waals surface area contributed by atoms with Crippen LogP contribution in [0.3, 0.4) is 0 Å². The van der Waals surface area contributed by atoms with Crippen LogP contribution in [0.5, 0.6) is 0 Å². The third kappa shape index (κ3) is 66.4. The van der Waals surface area contributed by atoms with Gasteiger partial charge in [0.05, 0.1) is 0 Å². The van der Waals surface area contributed by atoms with E-state index in [0.29, 0.717) is 19.3 Å². The summed E-state index contributed by atoms with van der Waals surface area (Å²) >= 11 is 0. The molecule has 0 aliphatic carbocycles. The Morgan fingerprint density at radius 2 is 0.450 bits per heavy atom. The van der Waals surface area contributed by atoms with Crippen molar-refractivity contribution in [3.63, 3.8) is 0 Å². The highest BCUT2D eigenvalue weighted by molar-refractivity contribution is 5.71. The molecule has 0 amide bonds. The van der Waals surface area contributed by atoms with E-state index in [2.05, 4.69) is 57.2 Å². The Morgan fingerprint density at radius 1 is 0.250 bits per heavy atom. The van der Waals surface area contributed by atoms with Gasteiger partial charge < -0.3 is 14.2 Å². The van der Waals surface area contributed by atoms with Crippen molar-refractivity contribution in [1.29, 1.82) is 0 Å². The van der Waals surface area contributed by atoms with Gasteiger partial charge in [-0.2, -0.15) is 0 Å². The summed E-state index contributed by atoms with van der Waals surface area (Å²) in [5.41, 5.74) is 0. The van der Waals surface area contributed by atoms with E-state index < -0.39 is 6.10 Å². The van der Waals surface area contributed by atoms with Crippen molar-refractivity contribution in [2.75, 3.05) is 13.2 Å². The van der Waals surface area contributed by atoms with E-state index in [9.17, 15) is 14.4 Å². The molecule has 0 heterocycles. The van der Waals surface area contributed by atoms with Crippen LogP contribution >= 0.6 is 0 Å². The molecular formula is C74H138O6. The second-order valence-electron chi connectivity index (χ2n) is 24.5. The number of allylic oxidation sites excluding steroid dienone is 6. The van der Waals surface area contributed by atoms with Crippen molar-refractivity contribution < 1.29 is 28.6 Å². The molecule has 1 atom stereocenters. The quantitative estimate of drug-likeness (QED) is 0.0261. The Bertz CT molecular complexity index is 1340. The molecule has 0 aliphatic rings. The third-order valence-corrected chi connectivity index (χ3v) is 16.4. The zero-order chi connectivity index (χ0) is 57.8. The maximum absolute atomic E-state index is 12.9. The van der Waals surface area contributed by atoms with Gasteiger partial charge in [0.2, 0.25) is 0 Å². The standard InChI is InChI=1S/C74H138O6/c1-4-7-10-13-16-19-21-23-25-27-29-31-33-35-36-37-39-40-42-44-46-48-50-52-55-58-61-64-67-73(76)79-70-71(69-78-72(75)66-63-60-57-54-18-15-12-9-6-3)80-74(77)68-65-62-59-56-53-51-49-47-45-43-41-38-34-32-30-28-26-24-22-20-17-14-11-8-5-2/h22,24,28,30,34,38,71H,4-21,23,25-27,29,31-33,35-37,39-70H2,1-3H3/b24-22-,30-28-,38-34-. The van der Waals surface area contributed by atoms with E-state index in [1.54, 1.807) is 0 Å². The molecule has 470 valence electrons. The van der Waals surface area contributed by atoms with Crippen molar-refractivity contribution in [2.24, 2.45) is 0 Å². The van der Waals surface area contributed by atoms with Crippen LogP contribution < -0.4 is 0 Å². The van der Waals surface area contributed by atoms with Crippen LogP contribution in [0.15, 0.2) is 36.5 Å². The number of carbonyl (C=O) groups is 3. The molecule has 0 radical (unpaired) electrons. The van der Waals surface area contributed by atoms with Gasteiger partial charge in [0, 0.05) is 19.3 Å². The lowest BCUT2D eigenvalue weighted by molar-refractivity contribution is -0.167. The summed E-state index contributed by atoms with van der Waals surface area (Å²) in [6.45, 7) is 6.68. The molecule has 80 heavy (non-hydrogen) atoms. The molecule has 0 aromatic carbocycles. The van der Waals surface area contributed by atoms with E-state index in [4.69, 9.17) is 14.2 Å². The summed E-state index contributed by atoms with van der Waals surface area (Å²) in [7, 11) is 0.